The number of hydrogen-bond acceptors (Lipinski definition) is 3. The lowest BCUT2D eigenvalue weighted by atomic mass is 10.1. The molecule has 4 nitrogen and oxygen atoms in total. The van der Waals surface area contributed by atoms with E-state index in [1.54, 1.807) is 12.1 Å². The zero-order chi connectivity index (χ0) is 14.9. The van der Waals surface area contributed by atoms with Gasteiger partial charge in [0.05, 0.1) is 6.61 Å². The van der Waals surface area contributed by atoms with Crippen molar-refractivity contribution in [1.82, 2.24) is 5.43 Å². The normalized spacial score (nSPS) is 10.3. The summed E-state index contributed by atoms with van der Waals surface area (Å²) in [5, 5.41) is 0. The summed E-state index contributed by atoms with van der Waals surface area (Å²) in [4.78, 5) is 11.3. The van der Waals surface area contributed by atoms with Crippen LogP contribution >= 0.6 is 0 Å². The lowest BCUT2D eigenvalue weighted by Crippen LogP contribution is -2.29. The predicted molar refractivity (Wildman–Crippen MR) is 82.5 cm³/mol. The van der Waals surface area contributed by atoms with Crippen LogP contribution in [0.1, 0.15) is 27.9 Å². The van der Waals surface area contributed by atoms with Crippen molar-refractivity contribution in [1.29, 1.82) is 0 Å². The zero-order valence-corrected chi connectivity index (χ0v) is 11.9. The quantitative estimate of drug-likeness (QED) is 0.355. The van der Waals surface area contributed by atoms with Crippen molar-refractivity contribution in [2.75, 3.05) is 6.61 Å². The van der Waals surface area contributed by atoms with E-state index < -0.39 is 0 Å². The second kappa shape index (κ2) is 8.19. The van der Waals surface area contributed by atoms with Gasteiger partial charge in [0.2, 0.25) is 0 Å². The molecular formula is C17H20N2O2. The highest BCUT2D eigenvalue weighted by atomic mass is 16.5. The molecule has 0 heterocycles. The summed E-state index contributed by atoms with van der Waals surface area (Å²) in [5.41, 5.74) is 5.03. The van der Waals surface area contributed by atoms with Crippen molar-refractivity contribution < 1.29 is 9.53 Å². The van der Waals surface area contributed by atoms with Crippen LogP contribution in [0.3, 0.4) is 0 Å². The molecule has 0 radical (unpaired) electrons. The van der Waals surface area contributed by atoms with E-state index in [0.717, 1.165) is 25.0 Å². The number of carbonyl (C=O) groups excluding carboxylic acids is 1. The Labute approximate surface area is 124 Å². The standard InChI is InChI=1S/C17H20N2O2/c18-19-17(20)16-10-8-15(9-11-16)13-21-12-4-7-14-5-2-1-3-6-14/h1-3,5-6,8-11H,4,7,12-13,18H2,(H,19,20). The molecule has 0 saturated carbocycles. The molecule has 0 aliphatic carbocycles. The van der Waals surface area contributed by atoms with Crippen LogP contribution in [-0.4, -0.2) is 12.5 Å². The second-order valence-corrected chi connectivity index (χ2v) is 4.81. The number of nitrogens with two attached hydrogens (primary N) is 1. The number of nitrogens with one attached hydrogen (secondary N) is 1. The molecule has 3 N–H and O–H groups in total. The Morgan fingerprint density at radius 3 is 2.38 bits per heavy atom. The number of hydrazine groups is 1. The second-order valence-electron chi connectivity index (χ2n) is 4.81. The van der Waals surface area contributed by atoms with Crippen LogP contribution in [0.5, 0.6) is 0 Å². The van der Waals surface area contributed by atoms with Gasteiger partial charge in [-0.05, 0) is 36.1 Å². The fourth-order valence-electron chi connectivity index (χ4n) is 2.05. The van der Waals surface area contributed by atoms with Crippen LogP contribution in [0.25, 0.3) is 0 Å². The lowest BCUT2D eigenvalue weighted by Gasteiger charge is -2.06. The largest absolute Gasteiger partial charge is 0.377 e. The molecule has 0 saturated heterocycles. The van der Waals surface area contributed by atoms with Gasteiger partial charge in [0.15, 0.2) is 0 Å². The number of carbonyl (C=O) groups is 1. The Bertz CT molecular complexity index is 553. The summed E-state index contributed by atoms with van der Waals surface area (Å²) in [7, 11) is 0. The first kappa shape index (κ1) is 15.2. The molecule has 0 bridgehead atoms. The Kier molecular flexibility index (Phi) is 5.94. The number of benzene rings is 2. The van der Waals surface area contributed by atoms with Gasteiger partial charge in [-0.1, -0.05) is 42.5 Å². The van der Waals surface area contributed by atoms with E-state index >= 15 is 0 Å². The van der Waals surface area contributed by atoms with E-state index in [-0.39, 0.29) is 5.91 Å². The van der Waals surface area contributed by atoms with Crippen LogP contribution in [0, 0.1) is 0 Å². The smallest absolute Gasteiger partial charge is 0.265 e. The Morgan fingerprint density at radius 2 is 1.71 bits per heavy atom. The van der Waals surface area contributed by atoms with E-state index in [9.17, 15) is 4.79 Å². The van der Waals surface area contributed by atoms with Crippen LogP contribution in [-0.2, 0) is 17.8 Å². The topological polar surface area (TPSA) is 64.3 Å². The van der Waals surface area contributed by atoms with E-state index in [4.69, 9.17) is 10.6 Å². The molecule has 0 fully saturated rings. The summed E-state index contributed by atoms with van der Waals surface area (Å²) < 4.78 is 5.64. The van der Waals surface area contributed by atoms with Gasteiger partial charge < -0.3 is 4.74 Å². The molecule has 0 atom stereocenters. The van der Waals surface area contributed by atoms with Crippen LogP contribution in [0.4, 0.5) is 0 Å². The molecule has 1 amide bonds. The Morgan fingerprint density at radius 1 is 1.00 bits per heavy atom. The maximum atomic E-state index is 11.3. The molecule has 0 spiro atoms. The SMILES string of the molecule is NNC(=O)c1ccc(COCCCc2ccccc2)cc1. The summed E-state index contributed by atoms with van der Waals surface area (Å²) in [5.74, 6) is 4.79. The van der Waals surface area contributed by atoms with Gasteiger partial charge in [-0.2, -0.15) is 0 Å². The van der Waals surface area contributed by atoms with Gasteiger partial charge >= 0.3 is 0 Å². The molecule has 21 heavy (non-hydrogen) atoms. The molecular weight excluding hydrogens is 264 g/mol. The summed E-state index contributed by atoms with van der Waals surface area (Å²) in [6.45, 7) is 1.28. The number of ether oxygens (including phenoxy) is 1. The van der Waals surface area contributed by atoms with Crippen molar-refractivity contribution in [2.45, 2.75) is 19.4 Å². The van der Waals surface area contributed by atoms with Gasteiger partial charge in [-0.15, -0.1) is 0 Å². The first-order valence-corrected chi connectivity index (χ1v) is 7.01. The first-order valence-electron chi connectivity index (χ1n) is 7.01. The predicted octanol–water partition coefficient (Wildman–Crippen LogP) is 2.44. The summed E-state index contributed by atoms with van der Waals surface area (Å²) in [6, 6.07) is 17.6. The number of amides is 1. The Hall–Kier alpha value is -2.17. The first-order chi connectivity index (χ1) is 10.3. The third-order valence-corrected chi connectivity index (χ3v) is 3.21. The highest BCUT2D eigenvalue weighted by Gasteiger charge is 2.02. The number of rotatable bonds is 7. The van der Waals surface area contributed by atoms with Crippen LogP contribution < -0.4 is 11.3 Å². The monoisotopic (exact) mass is 284 g/mol. The minimum absolute atomic E-state index is 0.287. The maximum absolute atomic E-state index is 11.3. The molecule has 4 heteroatoms. The van der Waals surface area contributed by atoms with Gasteiger partial charge in [-0.25, -0.2) is 5.84 Å². The molecule has 110 valence electrons. The minimum Gasteiger partial charge on any atom is -0.377 e. The summed E-state index contributed by atoms with van der Waals surface area (Å²) in [6.07, 6.45) is 2.02. The van der Waals surface area contributed by atoms with E-state index in [2.05, 4.69) is 29.7 Å². The van der Waals surface area contributed by atoms with Crippen molar-refractivity contribution in [3.05, 3.63) is 71.3 Å². The van der Waals surface area contributed by atoms with Gasteiger partial charge in [0.1, 0.15) is 0 Å². The van der Waals surface area contributed by atoms with E-state index in [1.807, 2.05) is 18.2 Å². The number of aryl methyl sites for hydroxylation is 1. The molecule has 2 aromatic carbocycles. The van der Waals surface area contributed by atoms with Crippen molar-refractivity contribution >= 4 is 5.91 Å². The summed E-state index contributed by atoms with van der Waals surface area (Å²) >= 11 is 0. The lowest BCUT2D eigenvalue weighted by molar-refractivity contribution is 0.0953. The van der Waals surface area contributed by atoms with E-state index in [1.165, 1.54) is 5.56 Å². The molecule has 0 aliphatic rings. The zero-order valence-electron chi connectivity index (χ0n) is 11.9. The number of nitrogen functional groups attached to an aromatic ring is 1. The average Bonchev–Trinajstić information content (AvgIpc) is 2.55. The third-order valence-electron chi connectivity index (χ3n) is 3.21. The fourth-order valence-corrected chi connectivity index (χ4v) is 2.05. The molecule has 0 aromatic heterocycles. The molecule has 2 aromatic rings. The fraction of sp³-hybridized carbons (Fsp3) is 0.235. The molecule has 0 aliphatic heterocycles. The van der Waals surface area contributed by atoms with Crippen molar-refractivity contribution in [2.24, 2.45) is 5.84 Å². The van der Waals surface area contributed by atoms with E-state index in [0.29, 0.717) is 12.2 Å². The van der Waals surface area contributed by atoms with Crippen molar-refractivity contribution in [3.8, 4) is 0 Å². The highest BCUT2D eigenvalue weighted by Crippen LogP contribution is 2.07. The molecule has 0 unspecified atom stereocenters. The molecule has 2 rings (SSSR count). The Balaban J connectivity index is 1.68. The van der Waals surface area contributed by atoms with Crippen LogP contribution in [0.2, 0.25) is 0 Å². The van der Waals surface area contributed by atoms with Gasteiger partial charge in [0.25, 0.3) is 5.91 Å². The number of hydrogen-bond donors (Lipinski definition) is 2. The average molecular weight is 284 g/mol. The highest BCUT2D eigenvalue weighted by molar-refractivity contribution is 5.93. The van der Waals surface area contributed by atoms with Gasteiger partial charge in [-0.3, -0.25) is 10.2 Å². The third kappa shape index (κ3) is 5.02. The van der Waals surface area contributed by atoms with Crippen LogP contribution in [0.15, 0.2) is 54.6 Å². The van der Waals surface area contributed by atoms with Gasteiger partial charge in [0, 0.05) is 12.2 Å². The minimum atomic E-state index is -0.287. The van der Waals surface area contributed by atoms with Crippen molar-refractivity contribution in [3.63, 3.8) is 0 Å². The maximum Gasteiger partial charge on any atom is 0.265 e.